The highest BCUT2D eigenvalue weighted by molar-refractivity contribution is 6.60. The molecule has 2 heterocycles. The van der Waals surface area contributed by atoms with Gasteiger partial charge in [-0.15, -0.1) is 10.2 Å². The number of nitrogens with zero attached hydrogens (tertiary/aromatic N) is 4. The lowest BCUT2D eigenvalue weighted by atomic mass is 9.49. The Bertz CT molecular complexity index is 1470. The van der Waals surface area contributed by atoms with E-state index in [1.165, 1.54) is 20.1 Å². The minimum atomic E-state index is -0.979. The minimum absolute atomic E-state index is 0.00770. The fourth-order valence-corrected chi connectivity index (χ4v) is 4.01. The van der Waals surface area contributed by atoms with Crippen LogP contribution in [0, 0.1) is 5.92 Å². The average molecular weight is 574 g/mol. The summed E-state index contributed by atoms with van der Waals surface area (Å²) in [7, 11) is 6.99. The maximum Gasteiger partial charge on any atom is 0.272 e. The molecule has 4 rings (SSSR count). The van der Waals surface area contributed by atoms with Crippen molar-refractivity contribution in [2.45, 2.75) is 50.5 Å². The van der Waals surface area contributed by atoms with E-state index in [2.05, 4.69) is 41.6 Å². The van der Waals surface area contributed by atoms with Crippen molar-refractivity contribution in [1.29, 1.82) is 0 Å². The number of carbonyl (C=O) groups is 3. The topological polar surface area (TPSA) is 193 Å². The number of carbonyl (C=O) groups excluding carboxylic acids is 3. The van der Waals surface area contributed by atoms with Gasteiger partial charge in [0.25, 0.3) is 11.8 Å². The molecule has 42 heavy (non-hydrogen) atoms. The summed E-state index contributed by atoms with van der Waals surface area (Å²) in [6, 6.07) is 5.79. The molecule has 2 atom stereocenters. The SMILES string of the molecule is BC(B)(B)NC(=O)c1nnc(NC(=O)C2CC2)cc1Nc1cccc(-c2nc([C@H](NC(=O)CC)[C@H](C)O)no2)c1OC. The third kappa shape index (κ3) is 7.46. The monoisotopic (exact) mass is 574 g/mol. The Hall–Kier alpha value is -4.40. The molecule has 0 spiro atoms. The van der Waals surface area contributed by atoms with Crippen molar-refractivity contribution in [2.75, 3.05) is 17.7 Å². The Balaban J connectivity index is 1.69. The Morgan fingerprint density at radius 3 is 2.55 bits per heavy atom. The van der Waals surface area contributed by atoms with Gasteiger partial charge in [-0.1, -0.05) is 18.1 Å². The second-order valence-electron chi connectivity index (χ2n) is 11.1. The molecule has 1 saturated carbocycles. The molecular weight excluding hydrogens is 541 g/mol. The van der Waals surface area contributed by atoms with Crippen molar-refractivity contribution in [3.05, 3.63) is 35.8 Å². The maximum absolute atomic E-state index is 13.1. The van der Waals surface area contributed by atoms with Gasteiger partial charge in [0.05, 0.1) is 30.2 Å². The first kappa shape index (κ1) is 30.6. The number of hydrogen-bond acceptors (Lipinski definition) is 11. The average Bonchev–Trinajstić information content (AvgIpc) is 3.67. The van der Waals surface area contributed by atoms with E-state index in [1.54, 1.807) is 25.1 Å². The van der Waals surface area contributed by atoms with E-state index in [-0.39, 0.29) is 53.1 Å². The number of benzene rings is 1. The molecule has 0 radical (unpaired) electrons. The lowest BCUT2D eigenvalue weighted by Gasteiger charge is -2.21. The van der Waals surface area contributed by atoms with Crippen LogP contribution in [0.1, 0.15) is 55.5 Å². The molecule has 3 amide bonds. The van der Waals surface area contributed by atoms with Gasteiger partial charge in [0.15, 0.2) is 23.1 Å². The van der Waals surface area contributed by atoms with Crippen LogP contribution < -0.4 is 26.0 Å². The van der Waals surface area contributed by atoms with E-state index < -0.39 is 23.3 Å². The Labute approximate surface area is 245 Å². The highest BCUT2D eigenvalue weighted by atomic mass is 16.5. The molecular formula is C25H33B3N8O6. The standard InChI is InChI=1S/C25H33B3N8O6/c1-4-17(38)31-18(11(2)37)21-32-24(42-36-21)13-6-5-7-14(20(13)41-3)29-15-10-16(30-22(39)12-8-9-12)34-35-19(15)23(40)33-25(26,27)28/h5-7,10-12,18,37H,4,8-9,26-28H2,1-3H3,(H,31,38)(H,33,40)(H2,29,30,34,39)/t11-,18+/m0/s1. The van der Waals surface area contributed by atoms with Crippen molar-refractivity contribution >= 4 is 58.5 Å². The summed E-state index contributed by atoms with van der Waals surface area (Å²) in [5.41, 5.74) is 1.13. The smallest absolute Gasteiger partial charge is 0.272 e. The van der Waals surface area contributed by atoms with Gasteiger partial charge in [-0.25, -0.2) is 0 Å². The second-order valence-corrected chi connectivity index (χ2v) is 11.1. The number of aliphatic hydroxyl groups excluding tert-OH is 1. The molecule has 218 valence electrons. The van der Waals surface area contributed by atoms with E-state index >= 15 is 0 Å². The Morgan fingerprint density at radius 2 is 1.93 bits per heavy atom. The number of nitrogens with one attached hydrogen (secondary N) is 4. The largest absolute Gasteiger partial charge is 0.494 e. The molecule has 3 aromatic rings. The van der Waals surface area contributed by atoms with Crippen LogP contribution in [0.15, 0.2) is 28.8 Å². The lowest BCUT2D eigenvalue weighted by molar-refractivity contribution is -0.122. The van der Waals surface area contributed by atoms with Crippen LogP contribution in [-0.4, -0.2) is 85.2 Å². The van der Waals surface area contributed by atoms with E-state index in [0.29, 0.717) is 17.0 Å². The van der Waals surface area contributed by atoms with Crippen molar-refractivity contribution < 1.29 is 28.8 Å². The molecule has 0 saturated heterocycles. The fourth-order valence-electron chi connectivity index (χ4n) is 4.01. The molecule has 1 aliphatic carbocycles. The number of aliphatic hydroxyl groups is 1. The predicted octanol–water partition coefficient (Wildman–Crippen LogP) is -1.18. The molecule has 5 N–H and O–H groups in total. The first-order chi connectivity index (χ1) is 19.9. The summed E-state index contributed by atoms with van der Waals surface area (Å²) in [5.74, 6) is -0.270. The number of amides is 3. The van der Waals surface area contributed by atoms with Gasteiger partial charge < -0.3 is 35.6 Å². The second kappa shape index (κ2) is 12.6. The van der Waals surface area contributed by atoms with E-state index in [9.17, 15) is 19.5 Å². The molecule has 1 fully saturated rings. The van der Waals surface area contributed by atoms with Crippen molar-refractivity contribution in [1.82, 2.24) is 31.0 Å². The number of methoxy groups -OCH3 is 1. The zero-order valence-corrected chi connectivity index (χ0v) is 24.4. The summed E-state index contributed by atoms with van der Waals surface area (Å²) < 4.78 is 11.2. The first-order valence-corrected chi connectivity index (χ1v) is 13.7. The third-order valence-electron chi connectivity index (χ3n) is 6.26. The van der Waals surface area contributed by atoms with E-state index in [1.807, 2.05) is 23.5 Å². The Kier molecular flexibility index (Phi) is 9.19. The predicted molar refractivity (Wildman–Crippen MR) is 162 cm³/mol. The van der Waals surface area contributed by atoms with Gasteiger partial charge in [-0.2, -0.15) is 4.98 Å². The molecule has 1 aromatic carbocycles. The normalized spacial score (nSPS) is 14.4. The van der Waals surface area contributed by atoms with E-state index in [0.717, 1.165) is 12.8 Å². The summed E-state index contributed by atoms with van der Waals surface area (Å²) in [6.45, 7) is 3.21. The highest BCUT2D eigenvalue weighted by Crippen LogP contribution is 2.38. The van der Waals surface area contributed by atoms with Crippen LogP contribution >= 0.6 is 0 Å². The quantitative estimate of drug-likeness (QED) is 0.164. The zero-order chi connectivity index (χ0) is 30.6. The zero-order valence-electron chi connectivity index (χ0n) is 24.4. The van der Waals surface area contributed by atoms with Crippen LogP contribution in [0.25, 0.3) is 11.5 Å². The van der Waals surface area contributed by atoms with Gasteiger partial charge in [-0.05, 0) is 37.1 Å². The molecule has 0 unspecified atom stereocenters. The molecule has 1 aliphatic rings. The van der Waals surface area contributed by atoms with Crippen molar-refractivity contribution in [3.8, 4) is 17.2 Å². The minimum Gasteiger partial charge on any atom is -0.494 e. The Morgan fingerprint density at radius 1 is 1.19 bits per heavy atom. The third-order valence-corrected chi connectivity index (χ3v) is 6.26. The molecule has 0 bridgehead atoms. The fraction of sp³-hybridized carbons (Fsp3) is 0.400. The molecule has 17 heteroatoms. The number of para-hydroxylation sites is 1. The van der Waals surface area contributed by atoms with Crippen LogP contribution in [0.2, 0.25) is 0 Å². The van der Waals surface area contributed by atoms with Gasteiger partial charge >= 0.3 is 0 Å². The van der Waals surface area contributed by atoms with Crippen LogP contribution in [0.4, 0.5) is 17.2 Å². The first-order valence-electron chi connectivity index (χ1n) is 13.7. The van der Waals surface area contributed by atoms with Gasteiger partial charge in [-0.3, -0.25) is 14.4 Å². The molecule has 0 aliphatic heterocycles. The van der Waals surface area contributed by atoms with Crippen LogP contribution in [0.5, 0.6) is 5.75 Å². The van der Waals surface area contributed by atoms with Crippen molar-refractivity contribution in [2.24, 2.45) is 5.92 Å². The molecule has 14 nitrogen and oxygen atoms in total. The van der Waals surface area contributed by atoms with Gasteiger partial charge in [0, 0.05) is 18.4 Å². The summed E-state index contributed by atoms with van der Waals surface area (Å²) in [4.78, 5) is 41.9. The summed E-state index contributed by atoms with van der Waals surface area (Å²) in [5, 5.41) is 33.3. The number of hydrogen-bond donors (Lipinski definition) is 5. The number of anilines is 3. The van der Waals surface area contributed by atoms with Gasteiger partial charge in [0.1, 0.15) is 29.6 Å². The number of rotatable bonds is 12. The summed E-state index contributed by atoms with van der Waals surface area (Å²) in [6.07, 6.45) is 0.884. The van der Waals surface area contributed by atoms with Crippen molar-refractivity contribution in [3.63, 3.8) is 0 Å². The number of aromatic nitrogens is 4. The van der Waals surface area contributed by atoms with Crippen LogP contribution in [-0.2, 0) is 9.59 Å². The highest BCUT2D eigenvalue weighted by Gasteiger charge is 2.31. The molecule has 2 aromatic heterocycles. The number of ether oxygens (including phenoxy) is 1. The summed E-state index contributed by atoms with van der Waals surface area (Å²) >= 11 is 0. The lowest BCUT2D eigenvalue weighted by Crippen LogP contribution is -2.50. The van der Waals surface area contributed by atoms with E-state index in [4.69, 9.17) is 9.26 Å². The van der Waals surface area contributed by atoms with Crippen LogP contribution in [0.3, 0.4) is 0 Å². The maximum atomic E-state index is 13.1. The van der Waals surface area contributed by atoms with Gasteiger partial charge in [0.2, 0.25) is 11.8 Å².